The van der Waals surface area contributed by atoms with E-state index in [-0.39, 0.29) is 13.0 Å². The highest BCUT2D eigenvalue weighted by atomic mass is 19.1. The Labute approximate surface area is 165 Å². The van der Waals surface area contributed by atoms with E-state index >= 15 is 0 Å². The molecule has 0 radical (unpaired) electrons. The summed E-state index contributed by atoms with van der Waals surface area (Å²) >= 11 is 0. The molecule has 1 aliphatic heterocycles. The number of methoxy groups -OCH3 is 1. The topological polar surface area (TPSA) is 102 Å². The molecule has 2 aromatic heterocycles. The molecular weight excluding hydrogens is 379 g/mol. The smallest absolute Gasteiger partial charge is 0.325 e. The first kappa shape index (κ1) is 18.9. The fourth-order valence-electron chi connectivity index (χ4n) is 3.32. The number of nitrogens with one attached hydrogen (secondary N) is 1. The molecule has 1 N–H and O–H groups in total. The van der Waals surface area contributed by atoms with Crippen molar-refractivity contribution in [1.82, 2.24) is 30.2 Å². The molecule has 9 nitrogen and oxygen atoms in total. The van der Waals surface area contributed by atoms with Crippen LogP contribution in [-0.2, 0) is 29.0 Å². The molecule has 10 heteroatoms. The summed E-state index contributed by atoms with van der Waals surface area (Å²) in [6, 6.07) is 4.83. The summed E-state index contributed by atoms with van der Waals surface area (Å²) in [5.41, 5.74) is 1.61. The molecule has 1 fully saturated rings. The summed E-state index contributed by atoms with van der Waals surface area (Å²) in [6.07, 6.45) is 3.52. The minimum atomic E-state index is -0.747. The van der Waals surface area contributed by atoms with Crippen LogP contribution in [0.4, 0.5) is 9.18 Å². The van der Waals surface area contributed by atoms with Crippen molar-refractivity contribution in [3.8, 4) is 0 Å². The fraction of sp³-hybridized carbons (Fsp3) is 0.316. The molecule has 0 saturated carbocycles. The van der Waals surface area contributed by atoms with Crippen molar-refractivity contribution in [1.29, 1.82) is 0 Å². The van der Waals surface area contributed by atoms with Gasteiger partial charge in [0.05, 0.1) is 30.9 Å². The average molecular weight is 398 g/mol. The first-order valence-corrected chi connectivity index (χ1v) is 9.08. The van der Waals surface area contributed by atoms with Crippen LogP contribution in [0, 0.1) is 5.82 Å². The third-order valence-corrected chi connectivity index (χ3v) is 4.71. The first-order valence-electron chi connectivity index (χ1n) is 9.08. The number of benzene rings is 1. The third kappa shape index (κ3) is 3.92. The number of carbonyl (C=O) groups is 2. The number of fused-ring (bicyclic) bond motifs is 1. The molecule has 1 saturated heterocycles. The SMILES string of the molecule is COCCn1cc(C[C@H]2NC(=O)N(Cc3cc(F)cc4cccnc34)C2=O)nn1. The van der Waals surface area contributed by atoms with Crippen LogP contribution in [0.2, 0.25) is 0 Å². The van der Waals surface area contributed by atoms with Gasteiger partial charge in [-0.2, -0.15) is 0 Å². The zero-order chi connectivity index (χ0) is 20.4. The Kier molecular flexibility index (Phi) is 5.17. The van der Waals surface area contributed by atoms with Gasteiger partial charge in [-0.05, 0) is 18.2 Å². The number of imide groups is 1. The summed E-state index contributed by atoms with van der Waals surface area (Å²) in [6.45, 7) is 0.971. The Morgan fingerprint density at radius 2 is 2.17 bits per heavy atom. The van der Waals surface area contributed by atoms with Crippen LogP contribution in [0.5, 0.6) is 0 Å². The van der Waals surface area contributed by atoms with E-state index in [0.29, 0.717) is 35.3 Å². The lowest BCUT2D eigenvalue weighted by atomic mass is 10.1. The molecule has 0 aliphatic carbocycles. The quantitative estimate of drug-likeness (QED) is 0.602. The number of rotatable bonds is 7. The minimum absolute atomic E-state index is 0.0625. The molecular formula is C19H19FN6O3. The van der Waals surface area contributed by atoms with E-state index in [9.17, 15) is 14.0 Å². The molecule has 4 rings (SSSR count). The maximum Gasteiger partial charge on any atom is 0.325 e. The molecule has 29 heavy (non-hydrogen) atoms. The largest absolute Gasteiger partial charge is 0.383 e. The van der Waals surface area contributed by atoms with Crippen LogP contribution < -0.4 is 5.32 Å². The zero-order valence-corrected chi connectivity index (χ0v) is 15.7. The predicted octanol–water partition coefficient (Wildman–Crippen LogP) is 1.27. The molecule has 1 atom stereocenters. The van der Waals surface area contributed by atoms with Gasteiger partial charge in [0.1, 0.15) is 11.9 Å². The molecule has 1 aliphatic rings. The van der Waals surface area contributed by atoms with Crippen molar-refractivity contribution in [2.24, 2.45) is 0 Å². The van der Waals surface area contributed by atoms with E-state index < -0.39 is 23.8 Å². The van der Waals surface area contributed by atoms with Gasteiger partial charge in [0.25, 0.3) is 5.91 Å². The summed E-state index contributed by atoms with van der Waals surface area (Å²) in [5.74, 6) is -0.841. The summed E-state index contributed by atoms with van der Waals surface area (Å²) in [5, 5.41) is 11.3. The second-order valence-electron chi connectivity index (χ2n) is 6.74. The Morgan fingerprint density at radius 3 is 3.00 bits per heavy atom. The number of urea groups is 1. The summed E-state index contributed by atoms with van der Waals surface area (Å²) in [4.78, 5) is 30.5. The van der Waals surface area contributed by atoms with Crippen molar-refractivity contribution in [2.45, 2.75) is 25.6 Å². The number of amides is 3. The van der Waals surface area contributed by atoms with Crippen LogP contribution in [0.15, 0.2) is 36.7 Å². The lowest BCUT2D eigenvalue weighted by Gasteiger charge is -2.14. The minimum Gasteiger partial charge on any atom is -0.383 e. The number of pyridine rings is 1. The van der Waals surface area contributed by atoms with Gasteiger partial charge < -0.3 is 10.1 Å². The molecule has 1 aromatic carbocycles. The number of hydrogen-bond donors (Lipinski definition) is 1. The summed E-state index contributed by atoms with van der Waals surface area (Å²) < 4.78 is 20.6. The van der Waals surface area contributed by atoms with Crippen molar-refractivity contribution >= 4 is 22.8 Å². The Hall–Kier alpha value is -3.40. The molecule has 3 heterocycles. The first-order chi connectivity index (χ1) is 14.0. The van der Waals surface area contributed by atoms with E-state index in [0.717, 1.165) is 4.90 Å². The molecule has 3 amide bonds. The number of halogens is 1. The molecule has 0 spiro atoms. The fourth-order valence-corrected chi connectivity index (χ4v) is 3.32. The molecule has 150 valence electrons. The second kappa shape index (κ2) is 7.92. The number of aromatic nitrogens is 4. The van der Waals surface area contributed by atoms with Gasteiger partial charge in [-0.15, -0.1) is 5.10 Å². The average Bonchev–Trinajstić information content (AvgIpc) is 3.26. The van der Waals surface area contributed by atoms with Crippen LogP contribution in [-0.4, -0.2) is 56.6 Å². The predicted molar refractivity (Wildman–Crippen MR) is 100 cm³/mol. The Balaban J connectivity index is 1.50. The highest BCUT2D eigenvalue weighted by Gasteiger charge is 2.38. The van der Waals surface area contributed by atoms with E-state index in [4.69, 9.17) is 4.74 Å². The van der Waals surface area contributed by atoms with Crippen LogP contribution >= 0.6 is 0 Å². The lowest BCUT2D eigenvalue weighted by Crippen LogP contribution is -2.32. The van der Waals surface area contributed by atoms with E-state index in [1.165, 1.54) is 12.1 Å². The maximum absolute atomic E-state index is 14.0. The van der Waals surface area contributed by atoms with Crippen molar-refractivity contribution in [3.05, 3.63) is 53.7 Å². The van der Waals surface area contributed by atoms with Crippen LogP contribution in [0.3, 0.4) is 0 Å². The standard InChI is InChI=1S/C19H19FN6O3/c1-29-6-5-25-11-15(23-24-25)9-16-18(27)26(19(28)22-16)10-13-8-14(20)7-12-3-2-4-21-17(12)13/h2-4,7-8,11,16H,5-6,9-10H2,1H3,(H,22,28)/t16-/m1/s1. The van der Waals surface area contributed by atoms with Gasteiger partial charge in [0.2, 0.25) is 0 Å². The summed E-state index contributed by atoms with van der Waals surface area (Å²) in [7, 11) is 1.59. The number of ether oxygens (including phenoxy) is 1. The molecule has 3 aromatic rings. The Morgan fingerprint density at radius 1 is 1.31 bits per heavy atom. The Bertz CT molecular complexity index is 1070. The van der Waals surface area contributed by atoms with Gasteiger partial charge in [-0.25, -0.2) is 13.9 Å². The molecule has 0 bridgehead atoms. The zero-order valence-electron chi connectivity index (χ0n) is 15.7. The van der Waals surface area contributed by atoms with E-state index in [1.807, 2.05) is 0 Å². The monoisotopic (exact) mass is 398 g/mol. The van der Waals surface area contributed by atoms with Gasteiger partial charge in [0, 0.05) is 36.9 Å². The highest BCUT2D eigenvalue weighted by molar-refractivity contribution is 6.04. The molecule has 0 unspecified atom stereocenters. The van der Waals surface area contributed by atoms with Gasteiger partial charge in [-0.3, -0.25) is 14.7 Å². The van der Waals surface area contributed by atoms with Crippen molar-refractivity contribution in [3.63, 3.8) is 0 Å². The van der Waals surface area contributed by atoms with Crippen LogP contribution in [0.25, 0.3) is 10.9 Å². The van der Waals surface area contributed by atoms with Crippen LogP contribution in [0.1, 0.15) is 11.3 Å². The van der Waals surface area contributed by atoms with E-state index in [2.05, 4.69) is 20.6 Å². The van der Waals surface area contributed by atoms with Crippen molar-refractivity contribution < 1.29 is 18.7 Å². The van der Waals surface area contributed by atoms with Gasteiger partial charge >= 0.3 is 6.03 Å². The second-order valence-corrected chi connectivity index (χ2v) is 6.74. The van der Waals surface area contributed by atoms with E-state index in [1.54, 1.807) is 36.3 Å². The number of carbonyl (C=O) groups excluding carboxylic acids is 2. The van der Waals surface area contributed by atoms with Gasteiger partial charge in [0.15, 0.2) is 0 Å². The third-order valence-electron chi connectivity index (χ3n) is 4.71. The number of hydrogen-bond acceptors (Lipinski definition) is 6. The normalized spacial score (nSPS) is 16.6. The van der Waals surface area contributed by atoms with Crippen molar-refractivity contribution in [2.75, 3.05) is 13.7 Å². The lowest BCUT2D eigenvalue weighted by molar-refractivity contribution is -0.127. The highest BCUT2D eigenvalue weighted by Crippen LogP contribution is 2.22. The van der Waals surface area contributed by atoms with Gasteiger partial charge in [-0.1, -0.05) is 11.3 Å². The maximum atomic E-state index is 14.0. The number of nitrogens with zero attached hydrogens (tertiary/aromatic N) is 5.